The number of amidine groups is 1. The van der Waals surface area contributed by atoms with Crippen LogP contribution in [0.5, 0.6) is 0 Å². The molecule has 1 aliphatic carbocycles. The standard InChI is InChI=1S/C16H21BrN2S/c1-12(13-5-4-6-14(17)9-13)19-15-18-10-16(11-20-15)7-2-3-8-16/h4-6,9,12H,2-3,7-8,10-11H2,1H3,(H,18,19). The third-order valence-corrected chi connectivity index (χ3v) is 6.20. The monoisotopic (exact) mass is 352 g/mol. The van der Waals surface area contributed by atoms with E-state index in [-0.39, 0.29) is 0 Å². The molecule has 1 atom stereocenters. The Morgan fingerprint density at radius 2 is 2.15 bits per heavy atom. The molecule has 1 N–H and O–H groups in total. The smallest absolute Gasteiger partial charge is 0.157 e. The van der Waals surface area contributed by atoms with Crippen molar-refractivity contribution in [2.75, 3.05) is 12.3 Å². The van der Waals surface area contributed by atoms with Crippen molar-refractivity contribution in [1.82, 2.24) is 5.32 Å². The van der Waals surface area contributed by atoms with Crippen LogP contribution in [-0.4, -0.2) is 17.5 Å². The number of hydrogen-bond acceptors (Lipinski definition) is 3. The van der Waals surface area contributed by atoms with Gasteiger partial charge in [0.25, 0.3) is 0 Å². The molecular weight excluding hydrogens is 332 g/mol. The fourth-order valence-electron chi connectivity index (χ4n) is 3.11. The Morgan fingerprint density at radius 3 is 2.80 bits per heavy atom. The summed E-state index contributed by atoms with van der Waals surface area (Å²) >= 11 is 5.45. The number of nitrogens with one attached hydrogen (secondary N) is 1. The number of hydrogen-bond donors (Lipinski definition) is 1. The second kappa shape index (κ2) is 6.10. The first kappa shape index (κ1) is 14.5. The zero-order valence-electron chi connectivity index (χ0n) is 11.9. The normalized spacial score (nSPS) is 22.6. The minimum Gasteiger partial charge on any atom is -0.358 e. The Morgan fingerprint density at radius 1 is 1.35 bits per heavy atom. The van der Waals surface area contributed by atoms with Crippen LogP contribution in [0.3, 0.4) is 0 Å². The maximum atomic E-state index is 4.81. The number of halogens is 1. The number of benzene rings is 1. The van der Waals surface area contributed by atoms with Crippen molar-refractivity contribution in [1.29, 1.82) is 0 Å². The molecule has 0 amide bonds. The summed E-state index contributed by atoms with van der Waals surface area (Å²) < 4.78 is 1.13. The highest BCUT2D eigenvalue weighted by molar-refractivity contribution is 9.10. The van der Waals surface area contributed by atoms with Gasteiger partial charge in [0, 0.05) is 16.8 Å². The van der Waals surface area contributed by atoms with Crippen molar-refractivity contribution in [3.8, 4) is 0 Å². The molecular formula is C16H21BrN2S. The van der Waals surface area contributed by atoms with Crippen LogP contribution in [0.25, 0.3) is 0 Å². The van der Waals surface area contributed by atoms with E-state index in [9.17, 15) is 0 Å². The molecule has 1 aliphatic heterocycles. The molecule has 1 saturated carbocycles. The Hall–Kier alpha value is -0.480. The summed E-state index contributed by atoms with van der Waals surface area (Å²) in [5.74, 6) is 1.24. The minimum absolute atomic E-state index is 0.302. The molecule has 1 aromatic rings. The van der Waals surface area contributed by atoms with Gasteiger partial charge in [-0.05, 0) is 42.9 Å². The molecule has 0 radical (unpaired) electrons. The molecule has 1 spiro atoms. The van der Waals surface area contributed by atoms with E-state index < -0.39 is 0 Å². The zero-order valence-corrected chi connectivity index (χ0v) is 14.3. The van der Waals surface area contributed by atoms with Crippen LogP contribution in [0.1, 0.15) is 44.2 Å². The predicted molar refractivity (Wildman–Crippen MR) is 91.4 cm³/mol. The van der Waals surface area contributed by atoms with E-state index in [0.29, 0.717) is 11.5 Å². The number of nitrogens with zero attached hydrogens (tertiary/aromatic N) is 1. The van der Waals surface area contributed by atoms with Crippen LogP contribution in [0.2, 0.25) is 0 Å². The van der Waals surface area contributed by atoms with Gasteiger partial charge in [-0.3, -0.25) is 4.99 Å². The average Bonchev–Trinajstić information content (AvgIpc) is 2.90. The van der Waals surface area contributed by atoms with Gasteiger partial charge in [-0.2, -0.15) is 0 Å². The lowest BCUT2D eigenvalue weighted by atomic mass is 9.89. The van der Waals surface area contributed by atoms with Gasteiger partial charge in [-0.25, -0.2) is 0 Å². The van der Waals surface area contributed by atoms with E-state index in [1.807, 2.05) is 11.8 Å². The van der Waals surface area contributed by atoms with Crippen molar-refractivity contribution in [3.63, 3.8) is 0 Å². The molecule has 0 saturated heterocycles. The maximum absolute atomic E-state index is 4.81. The summed E-state index contributed by atoms with van der Waals surface area (Å²) in [5.41, 5.74) is 1.82. The van der Waals surface area contributed by atoms with Crippen molar-refractivity contribution in [2.45, 2.75) is 38.6 Å². The summed E-state index contributed by atoms with van der Waals surface area (Å²) in [6, 6.07) is 8.78. The Labute approximate surface area is 134 Å². The molecule has 1 fully saturated rings. The number of thioether (sulfide) groups is 1. The van der Waals surface area contributed by atoms with Crippen LogP contribution >= 0.6 is 27.7 Å². The topological polar surface area (TPSA) is 24.4 Å². The maximum Gasteiger partial charge on any atom is 0.157 e. The second-order valence-electron chi connectivity index (χ2n) is 6.04. The quantitative estimate of drug-likeness (QED) is 0.829. The Balaban J connectivity index is 1.62. The molecule has 1 unspecified atom stereocenters. The lowest BCUT2D eigenvalue weighted by Crippen LogP contribution is -2.34. The van der Waals surface area contributed by atoms with E-state index in [2.05, 4.69) is 52.4 Å². The summed E-state index contributed by atoms with van der Waals surface area (Å²) in [7, 11) is 0. The molecule has 1 aromatic carbocycles. The molecule has 4 heteroatoms. The Bertz CT molecular complexity index is 509. The lowest BCUT2D eigenvalue weighted by molar-refractivity contribution is 0.358. The van der Waals surface area contributed by atoms with Crippen molar-refractivity contribution >= 4 is 32.9 Å². The van der Waals surface area contributed by atoms with Gasteiger partial charge in [0.15, 0.2) is 5.17 Å². The third kappa shape index (κ3) is 3.22. The summed E-state index contributed by atoms with van der Waals surface area (Å²) in [6.07, 6.45) is 5.54. The van der Waals surface area contributed by atoms with Crippen LogP contribution in [0, 0.1) is 5.41 Å². The highest BCUT2D eigenvalue weighted by Gasteiger charge is 2.36. The summed E-state index contributed by atoms with van der Waals surface area (Å²) in [6.45, 7) is 3.22. The number of aliphatic imine (C=N–C) groups is 1. The molecule has 1 heterocycles. The van der Waals surface area contributed by atoms with Crippen molar-refractivity contribution in [3.05, 3.63) is 34.3 Å². The van der Waals surface area contributed by atoms with Gasteiger partial charge in [0.2, 0.25) is 0 Å². The molecule has 108 valence electrons. The van der Waals surface area contributed by atoms with Gasteiger partial charge >= 0.3 is 0 Å². The van der Waals surface area contributed by atoms with Crippen LogP contribution in [0.4, 0.5) is 0 Å². The largest absolute Gasteiger partial charge is 0.358 e. The fourth-order valence-corrected chi connectivity index (χ4v) is 4.77. The van der Waals surface area contributed by atoms with E-state index in [1.54, 1.807) is 0 Å². The van der Waals surface area contributed by atoms with Gasteiger partial charge in [0.1, 0.15) is 0 Å². The second-order valence-corrected chi connectivity index (χ2v) is 7.92. The SMILES string of the molecule is CC(NC1=NCC2(CCCC2)CS1)c1cccc(Br)c1. The first-order valence-corrected chi connectivity index (χ1v) is 9.14. The molecule has 0 aromatic heterocycles. The highest BCUT2D eigenvalue weighted by atomic mass is 79.9. The van der Waals surface area contributed by atoms with Crippen LogP contribution in [0.15, 0.2) is 33.7 Å². The van der Waals surface area contributed by atoms with E-state index in [0.717, 1.165) is 16.2 Å². The summed E-state index contributed by atoms with van der Waals surface area (Å²) in [5, 5.41) is 4.68. The van der Waals surface area contributed by atoms with Crippen molar-refractivity contribution < 1.29 is 0 Å². The molecule has 2 aliphatic rings. The lowest BCUT2D eigenvalue weighted by Gasteiger charge is -2.32. The highest BCUT2D eigenvalue weighted by Crippen LogP contribution is 2.43. The van der Waals surface area contributed by atoms with Gasteiger partial charge in [-0.1, -0.05) is 52.7 Å². The van der Waals surface area contributed by atoms with Crippen LogP contribution < -0.4 is 5.32 Å². The minimum atomic E-state index is 0.302. The zero-order chi connectivity index (χ0) is 14.0. The fraction of sp³-hybridized carbons (Fsp3) is 0.562. The molecule has 20 heavy (non-hydrogen) atoms. The van der Waals surface area contributed by atoms with E-state index >= 15 is 0 Å². The van der Waals surface area contributed by atoms with Crippen molar-refractivity contribution in [2.24, 2.45) is 10.4 Å². The molecule has 2 nitrogen and oxygen atoms in total. The Kier molecular flexibility index (Phi) is 4.41. The van der Waals surface area contributed by atoms with Gasteiger partial charge < -0.3 is 5.32 Å². The molecule has 0 bridgehead atoms. The first-order valence-electron chi connectivity index (χ1n) is 7.36. The molecule has 3 rings (SSSR count). The average molecular weight is 353 g/mol. The summed E-state index contributed by atoms with van der Waals surface area (Å²) in [4.78, 5) is 4.81. The van der Waals surface area contributed by atoms with E-state index in [1.165, 1.54) is 37.0 Å². The van der Waals surface area contributed by atoms with Gasteiger partial charge in [0.05, 0.1) is 6.04 Å². The van der Waals surface area contributed by atoms with Crippen LogP contribution in [-0.2, 0) is 0 Å². The van der Waals surface area contributed by atoms with E-state index in [4.69, 9.17) is 4.99 Å². The first-order chi connectivity index (χ1) is 9.67. The number of rotatable bonds is 2. The van der Waals surface area contributed by atoms with Gasteiger partial charge in [-0.15, -0.1) is 0 Å². The predicted octanol–water partition coefficient (Wildman–Crippen LogP) is 4.76. The third-order valence-electron chi connectivity index (χ3n) is 4.43.